The first-order valence-corrected chi connectivity index (χ1v) is 8.72. The van der Waals surface area contributed by atoms with Gasteiger partial charge in [-0.3, -0.25) is 9.59 Å². The molecule has 1 aromatic rings. The highest BCUT2D eigenvalue weighted by Crippen LogP contribution is 2.33. The zero-order valence-electron chi connectivity index (χ0n) is 14.6. The molecule has 1 aromatic carbocycles. The van der Waals surface area contributed by atoms with Crippen molar-refractivity contribution in [2.24, 2.45) is 5.73 Å². The van der Waals surface area contributed by atoms with Crippen LogP contribution in [0.1, 0.15) is 44.7 Å². The van der Waals surface area contributed by atoms with Gasteiger partial charge >= 0.3 is 0 Å². The zero-order chi connectivity index (χ0) is 18.0. The predicted molar refractivity (Wildman–Crippen MR) is 93.3 cm³/mol. The number of nitrogens with two attached hydrogens (primary N) is 1. The smallest absolute Gasteiger partial charge is 0.265 e. The molecule has 0 spiro atoms. The third kappa shape index (κ3) is 3.62. The normalized spacial score (nSPS) is 23.0. The molecule has 7 nitrogen and oxygen atoms in total. The van der Waals surface area contributed by atoms with Gasteiger partial charge in [0.15, 0.2) is 6.10 Å². The van der Waals surface area contributed by atoms with Crippen LogP contribution in [-0.2, 0) is 14.3 Å². The summed E-state index contributed by atoms with van der Waals surface area (Å²) in [6.45, 7) is 4.81. The maximum Gasteiger partial charge on any atom is 0.265 e. The lowest BCUT2D eigenvalue weighted by atomic mass is 9.90. The maximum absolute atomic E-state index is 12.6. The lowest BCUT2D eigenvalue weighted by Gasteiger charge is -2.33. The summed E-state index contributed by atoms with van der Waals surface area (Å²) >= 11 is 0. The zero-order valence-corrected chi connectivity index (χ0v) is 14.6. The summed E-state index contributed by atoms with van der Waals surface area (Å²) in [7, 11) is 0. The second-order valence-corrected chi connectivity index (χ2v) is 6.72. The van der Waals surface area contributed by atoms with Crippen molar-refractivity contribution in [2.75, 3.05) is 18.5 Å². The van der Waals surface area contributed by atoms with Crippen molar-refractivity contribution in [1.82, 2.24) is 5.32 Å². The molecule has 2 aliphatic heterocycles. The number of ether oxygens (including phenoxy) is 2. The van der Waals surface area contributed by atoms with Crippen LogP contribution in [0.3, 0.4) is 0 Å². The number of carbonyl (C=O) groups excluding carboxylic acids is 2. The van der Waals surface area contributed by atoms with Gasteiger partial charge in [-0.1, -0.05) is 13.0 Å². The van der Waals surface area contributed by atoms with Crippen LogP contribution in [0, 0.1) is 0 Å². The Morgan fingerprint density at radius 2 is 2.16 bits per heavy atom. The van der Waals surface area contributed by atoms with Crippen LogP contribution in [-0.4, -0.2) is 36.7 Å². The average Bonchev–Trinajstić information content (AvgIpc) is 2.61. The number of rotatable bonds is 4. The number of nitrogens with one attached hydrogen (secondary N) is 2. The number of carbonyl (C=O) groups is 2. The van der Waals surface area contributed by atoms with Crippen molar-refractivity contribution in [3.8, 4) is 5.75 Å². The van der Waals surface area contributed by atoms with Gasteiger partial charge in [0.25, 0.3) is 5.91 Å². The Kier molecular flexibility index (Phi) is 4.96. The second kappa shape index (κ2) is 7.01. The molecule has 4 N–H and O–H groups in total. The number of hydrogen-bond donors (Lipinski definition) is 3. The van der Waals surface area contributed by atoms with Crippen LogP contribution in [0.15, 0.2) is 18.2 Å². The third-order valence-electron chi connectivity index (χ3n) is 4.88. The maximum atomic E-state index is 12.6. The molecule has 3 rings (SSSR count). The molecular weight excluding hydrogens is 322 g/mol. The van der Waals surface area contributed by atoms with E-state index >= 15 is 0 Å². The summed E-state index contributed by atoms with van der Waals surface area (Å²) in [5.74, 6) is 0.328. The van der Waals surface area contributed by atoms with Crippen LogP contribution in [0.2, 0.25) is 0 Å². The number of fused-ring (bicyclic) bond motifs is 1. The Labute approximate surface area is 147 Å². The van der Waals surface area contributed by atoms with E-state index in [1.807, 2.05) is 26.0 Å². The van der Waals surface area contributed by atoms with E-state index in [0.717, 1.165) is 5.56 Å². The molecule has 2 atom stereocenters. The van der Waals surface area contributed by atoms with Gasteiger partial charge in [-0.05, 0) is 43.9 Å². The van der Waals surface area contributed by atoms with Crippen molar-refractivity contribution >= 4 is 17.5 Å². The molecule has 0 saturated carbocycles. The Balaban J connectivity index is 1.71. The molecule has 1 saturated heterocycles. The summed E-state index contributed by atoms with van der Waals surface area (Å²) in [5.41, 5.74) is 6.90. The fourth-order valence-electron chi connectivity index (χ4n) is 3.08. The minimum atomic E-state index is -0.876. The molecular formula is C18H25N3O4. The molecule has 136 valence electrons. The van der Waals surface area contributed by atoms with Gasteiger partial charge in [0.2, 0.25) is 5.91 Å². The van der Waals surface area contributed by atoms with E-state index in [2.05, 4.69) is 10.6 Å². The number of hydrogen-bond acceptors (Lipinski definition) is 5. The molecule has 2 amide bonds. The molecule has 2 heterocycles. The summed E-state index contributed by atoms with van der Waals surface area (Å²) in [4.78, 5) is 24.4. The Bertz CT molecular complexity index is 670. The molecule has 0 radical (unpaired) electrons. The minimum Gasteiger partial charge on any atom is -0.478 e. The van der Waals surface area contributed by atoms with Gasteiger partial charge in [-0.15, -0.1) is 0 Å². The average molecular weight is 347 g/mol. The Morgan fingerprint density at radius 1 is 1.44 bits per heavy atom. The number of anilines is 1. The van der Waals surface area contributed by atoms with Crippen LogP contribution in [0.25, 0.3) is 0 Å². The molecule has 25 heavy (non-hydrogen) atoms. The van der Waals surface area contributed by atoms with Gasteiger partial charge in [-0.25, -0.2) is 0 Å². The van der Waals surface area contributed by atoms with E-state index < -0.39 is 11.6 Å². The Hall–Kier alpha value is -2.12. The molecule has 2 aliphatic rings. The van der Waals surface area contributed by atoms with E-state index in [0.29, 0.717) is 43.9 Å². The summed E-state index contributed by atoms with van der Waals surface area (Å²) in [5, 5.41) is 5.83. The third-order valence-corrected chi connectivity index (χ3v) is 4.88. The molecule has 2 unspecified atom stereocenters. The standard InChI is InChI=1S/C18H25N3O4/c1-3-14-16(22)21-13-5-4-12(10-15(13)25-14)11(2)20-17(23)18(19)6-8-24-9-7-18/h4-5,10-11,14H,3,6-9,19H2,1-2H3,(H,20,23)(H,21,22). The fourth-order valence-corrected chi connectivity index (χ4v) is 3.08. The Morgan fingerprint density at radius 3 is 2.84 bits per heavy atom. The molecule has 1 fully saturated rings. The van der Waals surface area contributed by atoms with Crippen LogP contribution in [0.5, 0.6) is 5.75 Å². The molecule has 0 aliphatic carbocycles. The quantitative estimate of drug-likeness (QED) is 0.766. The molecule has 7 heteroatoms. The van der Waals surface area contributed by atoms with E-state index in [4.69, 9.17) is 15.2 Å². The van der Waals surface area contributed by atoms with Gasteiger partial charge < -0.3 is 25.8 Å². The fraction of sp³-hybridized carbons (Fsp3) is 0.556. The first kappa shape index (κ1) is 17.7. The van der Waals surface area contributed by atoms with Crippen LogP contribution in [0.4, 0.5) is 5.69 Å². The van der Waals surface area contributed by atoms with Crippen LogP contribution < -0.4 is 21.1 Å². The summed E-state index contributed by atoms with van der Waals surface area (Å²) in [6.07, 6.45) is 1.15. The van der Waals surface area contributed by atoms with Crippen molar-refractivity contribution in [1.29, 1.82) is 0 Å². The molecule has 0 aromatic heterocycles. The number of amides is 2. The molecule has 0 bridgehead atoms. The lowest BCUT2D eigenvalue weighted by Crippen LogP contribution is -2.57. The van der Waals surface area contributed by atoms with Crippen molar-refractivity contribution in [2.45, 2.75) is 50.8 Å². The number of benzene rings is 1. The topological polar surface area (TPSA) is 103 Å². The van der Waals surface area contributed by atoms with E-state index in [9.17, 15) is 9.59 Å². The first-order chi connectivity index (χ1) is 11.9. The van der Waals surface area contributed by atoms with Crippen molar-refractivity contribution < 1.29 is 19.1 Å². The lowest BCUT2D eigenvalue weighted by molar-refractivity contribution is -0.130. The first-order valence-electron chi connectivity index (χ1n) is 8.72. The van der Waals surface area contributed by atoms with Gasteiger partial charge in [0, 0.05) is 13.2 Å². The van der Waals surface area contributed by atoms with E-state index in [1.54, 1.807) is 6.07 Å². The monoisotopic (exact) mass is 347 g/mol. The SMILES string of the molecule is CCC1Oc2cc(C(C)NC(=O)C3(N)CCOCC3)ccc2NC1=O. The minimum absolute atomic E-state index is 0.131. The van der Waals surface area contributed by atoms with Crippen molar-refractivity contribution in [3.05, 3.63) is 23.8 Å². The van der Waals surface area contributed by atoms with Crippen molar-refractivity contribution in [3.63, 3.8) is 0 Å². The van der Waals surface area contributed by atoms with Gasteiger partial charge in [0.1, 0.15) is 5.75 Å². The highest BCUT2D eigenvalue weighted by molar-refractivity contribution is 5.97. The highest BCUT2D eigenvalue weighted by Gasteiger charge is 2.36. The summed E-state index contributed by atoms with van der Waals surface area (Å²) in [6, 6.07) is 5.30. The van der Waals surface area contributed by atoms with Gasteiger partial charge in [-0.2, -0.15) is 0 Å². The highest BCUT2D eigenvalue weighted by atomic mass is 16.5. The van der Waals surface area contributed by atoms with E-state index in [1.165, 1.54) is 0 Å². The summed E-state index contributed by atoms with van der Waals surface area (Å²) < 4.78 is 11.0. The van der Waals surface area contributed by atoms with Gasteiger partial charge in [0.05, 0.1) is 17.3 Å². The largest absolute Gasteiger partial charge is 0.478 e. The van der Waals surface area contributed by atoms with Crippen LogP contribution >= 0.6 is 0 Å². The second-order valence-electron chi connectivity index (χ2n) is 6.72. The van der Waals surface area contributed by atoms with E-state index in [-0.39, 0.29) is 17.9 Å². The predicted octanol–water partition coefficient (Wildman–Crippen LogP) is 1.48.